The first-order chi connectivity index (χ1) is 12.1. The van der Waals surface area contributed by atoms with Crippen molar-refractivity contribution in [1.29, 1.82) is 0 Å². The number of benzene rings is 1. The molecule has 1 fully saturated rings. The maximum atomic E-state index is 12.0. The Hall–Kier alpha value is -1.92. The number of hydrogen-bond acceptors (Lipinski definition) is 5. The van der Waals surface area contributed by atoms with Gasteiger partial charge in [0.1, 0.15) is 0 Å². The number of esters is 1. The van der Waals surface area contributed by atoms with Gasteiger partial charge in [0.05, 0.1) is 18.8 Å². The first-order valence-electron chi connectivity index (χ1n) is 8.97. The number of amides is 1. The van der Waals surface area contributed by atoms with Gasteiger partial charge in [-0.05, 0) is 30.5 Å². The molecular formula is C19H28N2O4. The largest absolute Gasteiger partial charge is 0.452 e. The summed E-state index contributed by atoms with van der Waals surface area (Å²) in [6, 6.07) is 7.48. The van der Waals surface area contributed by atoms with E-state index < -0.39 is 5.97 Å². The summed E-state index contributed by atoms with van der Waals surface area (Å²) in [5.74, 6) is -0.733. The topological polar surface area (TPSA) is 67.9 Å². The molecular weight excluding hydrogens is 320 g/mol. The van der Waals surface area contributed by atoms with Crippen molar-refractivity contribution < 1.29 is 19.1 Å². The maximum Gasteiger partial charge on any atom is 0.338 e. The van der Waals surface area contributed by atoms with Gasteiger partial charge in [0, 0.05) is 25.7 Å². The number of nitrogens with one attached hydrogen (secondary N) is 1. The average Bonchev–Trinajstić information content (AvgIpc) is 2.65. The molecule has 1 amide bonds. The molecule has 138 valence electrons. The van der Waals surface area contributed by atoms with Crippen molar-refractivity contribution in [1.82, 2.24) is 10.2 Å². The molecule has 0 saturated carbocycles. The Kier molecular flexibility index (Phi) is 7.88. The number of nitrogens with zero attached hydrogens (tertiary/aromatic N) is 1. The lowest BCUT2D eigenvalue weighted by Crippen LogP contribution is -2.36. The van der Waals surface area contributed by atoms with Gasteiger partial charge in [0.2, 0.25) is 0 Å². The van der Waals surface area contributed by atoms with Crippen LogP contribution in [-0.2, 0) is 20.8 Å². The molecule has 1 aromatic rings. The van der Waals surface area contributed by atoms with Gasteiger partial charge in [-0.2, -0.15) is 0 Å². The SMILES string of the molecule is CCC(CC)NC(=O)COC(=O)c1ccc(CN2CCOCC2)cc1. The van der Waals surface area contributed by atoms with Crippen LogP contribution in [0.3, 0.4) is 0 Å². The van der Waals surface area contributed by atoms with Gasteiger partial charge < -0.3 is 14.8 Å². The molecule has 0 aliphatic carbocycles. The Morgan fingerprint density at radius 2 is 1.80 bits per heavy atom. The van der Waals surface area contributed by atoms with Crippen LogP contribution in [0.4, 0.5) is 0 Å². The Morgan fingerprint density at radius 1 is 1.16 bits per heavy atom. The fourth-order valence-corrected chi connectivity index (χ4v) is 2.74. The van der Waals surface area contributed by atoms with Gasteiger partial charge in [-0.25, -0.2) is 4.79 Å². The summed E-state index contributed by atoms with van der Waals surface area (Å²) in [6.45, 7) is 8.01. The lowest BCUT2D eigenvalue weighted by molar-refractivity contribution is -0.125. The zero-order valence-corrected chi connectivity index (χ0v) is 15.1. The number of ether oxygens (including phenoxy) is 2. The van der Waals surface area contributed by atoms with Crippen LogP contribution in [0, 0.1) is 0 Å². The smallest absolute Gasteiger partial charge is 0.338 e. The minimum atomic E-state index is -0.474. The highest BCUT2D eigenvalue weighted by atomic mass is 16.5. The highest BCUT2D eigenvalue weighted by Gasteiger charge is 2.14. The van der Waals surface area contributed by atoms with E-state index in [1.807, 2.05) is 26.0 Å². The molecule has 1 saturated heterocycles. The third-order valence-electron chi connectivity index (χ3n) is 4.38. The third-order valence-corrected chi connectivity index (χ3v) is 4.38. The maximum absolute atomic E-state index is 12.0. The molecule has 1 aromatic carbocycles. The van der Waals surface area contributed by atoms with E-state index in [0.29, 0.717) is 5.56 Å². The second kappa shape index (κ2) is 10.2. The van der Waals surface area contributed by atoms with E-state index in [9.17, 15) is 9.59 Å². The van der Waals surface area contributed by atoms with Crippen LogP contribution >= 0.6 is 0 Å². The van der Waals surface area contributed by atoms with Crippen LogP contribution in [0.5, 0.6) is 0 Å². The molecule has 0 radical (unpaired) electrons. The van der Waals surface area contributed by atoms with E-state index in [4.69, 9.17) is 9.47 Å². The number of rotatable bonds is 8. The predicted octanol–water partition coefficient (Wildman–Crippen LogP) is 1.98. The van der Waals surface area contributed by atoms with Crippen LogP contribution in [0.15, 0.2) is 24.3 Å². The van der Waals surface area contributed by atoms with E-state index in [0.717, 1.165) is 51.3 Å². The quantitative estimate of drug-likeness (QED) is 0.728. The first-order valence-corrected chi connectivity index (χ1v) is 8.97. The standard InChI is InChI=1S/C19H28N2O4/c1-3-17(4-2)20-18(22)14-25-19(23)16-7-5-15(6-8-16)13-21-9-11-24-12-10-21/h5-8,17H,3-4,9-14H2,1-2H3,(H,20,22). The van der Waals surface area contributed by atoms with Gasteiger partial charge >= 0.3 is 5.97 Å². The summed E-state index contributed by atoms with van der Waals surface area (Å²) in [5, 5.41) is 2.85. The fourth-order valence-electron chi connectivity index (χ4n) is 2.74. The van der Waals surface area contributed by atoms with Gasteiger partial charge in [0.15, 0.2) is 6.61 Å². The Morgan fingerprint density at radius 3 is 2.40 bits per heavy atom. The molecule has 0 unspecified atom stereocenters. The molecule has 2 rings (SSSR count). The first kappa shape index (κ1) is 19.4. The normalized spacial score (nSPS) is 15.2. The van der Waals surface area contributed by atoms with Crippen LogP contribution in [0.2, 0.25) is 0 Å². The van der Waals surface area contributed by atoms with Crippen molar-refractivity contribution in [3.63, 3.8) is 0 Å². The molecule has 0 atom stereocenters. The van der Waals surface area contributed by atoms with E-state index in [1.54, 1.807) is 12.1 Å². The predicted molar refractivity (Wildman–Crippen MR) is 95.3 cm³/mol. The van der Waals surface area contributed by atoms with Crippen LogP contribution < -0.4 is 5.32 Å². The van der Waals surface area contributed by atoms with Crippen molar-refractivity contribution in [3.8, 4) is 0 Å². The minimum Gasteiger partial charge on any atom is -0.452 e. The highest BCUT2D eigenvalue weighted by Crippen LogP contribution is 2.10. The summed E-state index contributed by atoms with van der Waals surface area (Å²) in [7, 11) is 0. The van der Waals surface area contributed by atoms with E-state index in [-0.39, 0.29) is 18.6 Å². The molecule has 1 heterocycles. The average molecular weight is 348 g/mol. The van der Waals surface area contributed by atoms with Crippen molar-refractivity contribution in [2.24, 2.45) is 0 Å². The summed E-state index contributed by atoms with van der Waals surface area (Å²) < 4.78 is 10.4. The molecule has 0 spiro atoms. The Balaban J connectivity index is 1.78. The lowest BCUT2D eigenvalue weighted by atomic mass is 10.1. The zero-order chi connectivity index (χ0) is 18.1. The van der Waals surface area contributed by atoms with E-state index in [1.165, 1.54) is 0 Å². The zero-order valence-electron chi connectivity index (χ0n) is 15.1. The van der Waals surface area contributed by atoms with Crippen molar-refractivity contribution in [2.45, 2.75) is 39.3 Å². The molecule has 1 N–H and O–H groups in total. The molecule has 0 bridgehead atoms. The monoisotopic (exact) mass is 348 g/mol. The van der Waals surface area contributed by atoms with Crippen LogP contribution in [-0.4, -0.2) is 55.7 Å². The van der Waals surface area contributed by atoms with Crippen LogP contribution in [0.1, 0.15) is 42.6 Å². The third kappa shape index (κ3) is 6.48. The molecule has 1 aliphatic rings. The number of hydrogen-bond donors (Lipinski definition) is 1. The second-order valence-electron chi connectivity index (χ2n) is 6.24. The minimum absolute atomic E-state index is 0.130. The molecule has 0 aromatic heterocycles. The number of carbonyl (C=O) groups is 2. The molecule has 6 nitrogen and oxygen atoms in total. The molecule has 25 heavy (non-hydrogen) atoms. The Bertz CT molecular complexity index is 549. The van der Waals surface area contributed by atoms with Gasteiger partial charge in [0.25, 0.3) is 5.91 Å². The van der Waals surface area contributed by atoms with E-state index >= 15 is 0 Å². The second-order valence-corrected chi connectivity index (χ2v) is 6.24. The van der Waals surface area contributed by atoms with Gasteiger partial charge in [-0.15, -0.1) is 0 Å². The summed E-state index contributed by atoms with van der Waals surface area (Å²) in [6.07, 6.45) is 1.72. The van der Waals surface area contributed by atoms with Crippen molar-refractivity contribution in [2.75, 3.05) is 32.9 Å². The number of morpholine rings is 1. The lowest BCUT2D eigenvalue weighted by Gasteiger charge is -2.26. The summed E-state index contributed by atoms with van der Waals surface area (Å²) in [5.41, 5.74) is 1.60. The molecule has 6 heteroatoms. The Labute approximate surface area is 149 Å². The van der Waals surface area contributed by atoms with E-state index in [2.05, 4.69) is 10.2 Å². The van der Waals surface area contributed by atoms with Gasteiger partial charge in [-0.1, -0.05) is 26.0 Å². The fraction of sp³-hybridized carbons (Fsp3) is 0.579. The highest BCUT2D eigenvalue weighted by molar-refractivity contribution is 5.91. The summed E-state index contributed by atoms with van der Waals surface area (Å²) in [4.78, 5) is 26.1. The molecule has 1 aliphatic heterocycles. The van der Waals surface area contributed by atoms with Crippen molar-refractivity contribution >= 4 is 11.9 Å². The van der Waals surface area contributed by atoms with Crippen molar-refractivity contribution in [3.05, 3.63) is 35.4 Å². The van der Waals surface area contributed by atoms with Gasteiger partial charge in [-0.3, -0.25) is 9.69 Å². The van der Waals surface area contributed by atoms with Crippen LogP contribution in [0.25, 0.3) is 0 Å². The summed E-state index contributed by atoms with van der Waals surface area (Å²) >= 11 is 0. The number of carbonyl (C=O) groups excluding carboxylic acids is 2.